The summed E-state index contributed by atoms with van der Waals surface area (Å²) in [5, 5.41) is 13.6. The van der Waals surface area contributed by atoms with Gasteiger partial charge in [-0.1, -0.05) is 30.3 Å². The monoisotopic (exact) mass is 354 g/mol. The third kappa shape index (κ3) is 4.09. The van der Waals surface area contributed by atoms with Gasteiger partial charge in [-0.3, -0.25) is 10.7 Å². The Balaban J connectivity index is 1.55. The molecule has 0 spiro atoms. The molecule has 1 aliphatic heterocycles. The van der Waals surface area contributed by atoms with Crippen LogP contribution in [0.1, 0.15) is 11.1 Å². The summed E-state index contributed by atoms with van der Waals surface area (Å²) in [5.74, 6) is 0.645. The van der Waals surface area contributed by atoms with Crippen LogP contribution in [0.3, 0.4) is 0 Å². The van der Waals surface area contributed by atoms with Gasteiger partial charge < -0.3 is 20.7 Å². The Morgan fingerprint density at radius 2 is 2.12 bits per heavy atom. The third-order valence-electron chi connectivity index (χ3n) is 4.23. The van der Waals surface area contributed by atoms with Gasteiger partial charge in [0.25, 0.3) is 0 Å². The highest BCUT2D eigenvalue weighted by atomic mass is 16.5. The van der Waals surface area contributed by atoms with E-state index < -0.39 is 0 Å². The van der Waals surface area contributed by atoms with E-state index in [1.165, 1.54) is 6.20 Å². The predicted molar refractivity (Wildman–Crippen MR) is 100 cm³/mol. The van der Waals surface area contributed by atoms with Gasteiger partial charge in [-0.2, -0.15) is 0 Å². The third-order valence-corrected chi connectivity index (χ3v) is 4.23. The lowest BCUT2D eigenvalue weighted by Gasteiger charge is -2.40. The van der Waals surface area contributed by atoms with E-state index in [2.05, 4.69) is 15.6 Å². The summed E-state index contributed by atoms with van der Waals surface area (Å²) in [5.41, 5.74) is 7.97. The van der Waals surface area contributed by atoms with Crippen LogP contribution in [0, 0.1) is 5.41 Å². The zero-order valence-corrected chi connectivity index (χ0v) is 14.5. The van der Waals surface area contributed by atoms with Crippen LogP contribution in [0.2, 0.25) is 0 Å². The summed E-state index contributed by atoms with van der Waals surface area (Å²) in [7, 11) is 1.66. The number of urea groups is 1. The Morgan fingerprint density at radius 1 is 1.38 bits per heavy atom. The van der Waals surface area contributed by atoms with Gasteiger partial charge in [0.15, 0.2) is 0 Å². The van der Waals surface area contributed by atoms with E-state index in [-0.39, 0.29) is 12.1 Å². The average Bonchev–Trinajstić information content (AvgIpc) is 2.60. The molecule has 1 aromatic heterocycles. The number of hydrogen-bond acceptors (Lipinski definition) is 5. The van der Waals surface area contributed by atoms with Crippen molar-refractivity contribution in [3.05, 3.63) is 53.7 Å². The lowest BCUT2D eigenvalue weighted by atomic mass is 10.1. The number of methoxy groups -OCH3 is 1. The maximum atomic E-state index is 12.0. The second-order valence-electron chi connectivity index (χ2n) is 6.06. The van der Waals surface area contributed by atoms with Crippen LogP contribution >= 0.6 is 0 Å². The molecule has 1 aromatic carbocycles. The molecule has 2 heterocycles. The first-order chi connectivity index (χ1) is 12.6. The molecule has 0 atom stereocenters. The van der Waals surface area contributed by atoms with E-state index in [1.54, 1.807) is 13.2 Å². The van der Waals surface area contributed by atoms with Gasteiger partial charge in [0, 0.05) is 44.7 Å². The highest BCUT2D eigenvalue weighted by molar-refractivity contribution is 6.02. The number of ether oxygens (including phenoxy) is 1. The van der Waals surface area contributed by atoms with Gasteiger partial charge in [0.05, 0.1) is 11.7 Å². The van der Waals surface area contributed by atoms with Crippen molar-refractivity contribution >= 4 is 23.4 Å². The molecule has 0 radical (unpaired) electrons. The molecule has 0 aliphatic carbocycles. The molecule has 2 aromatic rings. The summed E-state index contributed by atoms with van der Waals surface area (Å²) >= 11 is 0. The molecule has 8 nitrogen and oxygen atoms in total. The van der Waals surface area contributed by atoms with Crippen LogP contribution in [0.4, 0.5) is 16.3 Å². The number of likely N-dealkylation sites (tertiary alicyclic amines) is 1. The number of aromatic nitrogens is 1. The van der Waals surface area contributed by atoms with Crippen molar-refractivity contribution in [2.75, 3.05) is 31.2 Å². The fraction of sp³-hybridized carbons (Fsp3) is 0.278. The van der Waals surface area contributed by atoms with Crippen molar-refractivity contribution in [1.29, 1.82) is 5.41 Å². The first-order valence-electron chi connectivity index (χ1n) is 8.27. The van der Waals surface area contributed by atoms with Crippen molar-refractivity contribution in [3.8, 4) is 0 Å². The molecule has 0 unspecified atom stereocenters. The maximum Gasteiger partial charge on any atom is 0.320 e. The van der Waals surface area contributed by atoms with Crippen LogP contribution in [0.15, 0.2) is 42.6 Å². The van der Waals surface area contributed by atoms with E-state index in [1.807, 2.05) is 35.2 Å². The predicted octanol–water partition coefficient (Wildman–Crippen LogP) is 1.64. The van der Waals surface area contributed by atoms with Crippen molar-refractivity contribution in [1.82, 2.24) is 15.2 Å². The van der Waals surface area contributed by atoms with Gasteiger partial charge in [-0.15, -0.1) is 0 Å². The average molecular weight is 354 g/mol. The molecule has 8 heteroatoms. The van der Waals surface area contributed by atoms with Gasteiger partial charge in [0.1, 0.15) is 11.7 Å². The van der Waals surface area contributed by atoms with Crippen molar-refractivity contribution in [2.24, 2.45) is 0 Å². The molecule has 5 N–H and O–H groups in total. The fourth-order valence-corrected chi connectivity index (χ4v) is 2.62. The number of nitrogens with zero attached hydrogens (tertiary/aromatic N) is 2. The number of amidine groups is 1. The Labute approximate surface area is 151 Å². The number of nitrogen functional groups attached to an aromatic ring is 1. The molecule has 26 heavy (non-hydrogen) atoms. The van der Waals surface area contributed by atoms with Gasteiger partial charge >= 0.3 is 6.03 Å². The van der Waals surface area contributed by atoms with Crippen molar-refractivity contribution < 1.29 is 9.53 Å². The number of carbonyl (C=O) groups is 1. The quantitative estimate of drug-likeness (QED) is 0.481. The van der Waals surface area contributed by atoms with Crippen LogP contribution in [-0.2, 0) is 11.3 Å². The maximum absolute atomic E-state index is 12.0. The molecule has 2 amide bonds. The number of nitrogens with two attached hydrogens (primary N) is 1. The van der Waals surface area contributed by atoms with Gasteiger partial charge in [-0.05, 0) is 5.56 Å². The minimum atomic E-state index is -0.366. The molecule has 3 rings (SSSR count). The van der Waals surface area contributed by atoms with Crippen LogP contribution in [0.5, 0.6) is 0 Å². The summed E-state index contributed by atoms with van der Waals surface area (Å²) in [6.07, 6.45) is 1.66. The molecular weight excluding hydrogens is 332 g/mol. The number of pyridine rings is 1. The SMILES string of the molecule is COC1CN(C(=N)c2cnc(NC(=O)NCc3ccccc3)cc2N)C1. The molecule has 1 aliphatic rings. The number of amides is 2. The van der Waals surface area contributed by atoms with Crippen molar-refractivity contribution in [2.45, 2.75) is 12.6 Å². The molecule has 0 bridgehead atoms. The lowest BCUT2D eigenvalue weighted by Crippen LogP contribution is -2.54. The molecule has 1 saturated heterocycles. The molecular formula is C18H22N6O2. The lowest BCUT2D eigenvalue weighted by molar-refractivity contribution is 0.00576. The fourth-order valence-electron chi connectivity index (χ4n) is 2.62. The zero-order chi connectivity index (χ0) is 18.5. The van der Waals surface area contributed by atoms with Crippen molar-refractivity contribution in [3.63, 3.8) is 0 Å². The van der Waals surface area contributed by atoms with E-state index in [0.717, 1.165) is 5.56 Å². The first kappa shape index (κ1) is 17.7. The minimum absolute atomic E-state index is 0.152. The topological polar surface area (TPSA) is 116 Å². The Hall–Kier alpha value is -3.13. The Morgan fingerprint density at radius 3 is 2.77 bits per heavy atom. The molecule has 0 saturated carbocycles. The number of anilines is 2. The number of hydrogen-bond donors (Lipinski definition) is 4. The minimum Gasteiger partial charge on any atom is -0.398 e. The van der Waals surface area contributed by atoms with Gasteiger partial charge in [-0.25, -0.2) is 9.78 Å². The second kappa shape index (κ2) is 7.83. The Bertz CT molecular complexity index is 790. The van der Waals surface area contributed by atoms with E-state index in [0.29, 0.717) is 42.5 Å². The second-order valence-corrected chi connectivity index (χ2v) is 6.06. The Kier molecular flexibility index (Phi) is 5.33. The highest BCUT2D eigenvalue weighted by Gasteiger charge is 2.29. The van der Waals surface area contributed by atoms with E-state index in [4.69, 9.17) is 15.9 Å². The summed E-state index contributed by atoms with van der Waals surface area (Å²) in [6, 6.07) is 10.8. The molecule has 136 valence electrons. The van der Waals surface area contributed by atoms with Gasteiger partial charge in [0.2, 0.25) is 0 Å². The van der Waals surface area contributed by atoms with Crippen LogP contribution < -0.4 is 16.4 Å². The van der Waals surface area contributed by atoms with E-state index in [9.17, 15) is 4.79 Å². The highest BCUT2D eigenvalue weighted by Crippen LogP contribution is 2.20. The van der Waals surface area contributed by atoms with Crippen LogP contribution in [0.25, 0.3) is 0 Å². The smallest absolute Gasteiger partial charge is 0.320 e. The summed E-state index contributed by atoms with van der Waals surface area (Å²) in [6.45, 7) is 1.74. The standard InChI is InChI=1S/C18H22N6O2/c1-26-13-10-24(11-13)17(20)14-9-21-16(7-15(14)19)23-18(25)22-8-12-5-3-2-4-6-12/h2-7,9,13,20H,8,10-11H2,1H3,(H4,19,21,22,23,25). The molecule has 1 fully saturated rings. The number of nitrogens with one attached hydrogen (secondary N) is 3. The summed E-state index contributed by atoms with van der Waals surface area (Å²) < 4.78 is 5.21. The first-order valence-corrected chi connectivity index (χ1v) is 8.27. The van der Waals surface area contributed by atoms with E-state index >= 15 is 0 Å². The summed E-state index contributed by atoms with van der Waals surface area (Å²) in [4.78, 5) is 18.0. The number of benzene rings is 1. The van der Waals surface area contributed by atoms with Crippen LogP contribution in [-0.4, -0.2) is 48.1 Å². The largest absolute Gasteiger partial charge is 0.398 e. The number of carbonyl (C=O) groups excluding carboxylic acids is 1. The number of rotatable bonds is 5. The normalized spacial score (nSPS) is 13.8. The zero-order valence-electron chi connectivity index (χ0n) is 14.5.